The molecule has 0 spiro atoms. The molecule has 5 rings (SSSR count). The third-order valence-corrected chi connectivity index (χ3v) is 6.51. The van der Waals surface area contributed by atoms with Gasteiger partial charge in [-0.3, -0.25) is 9.59 Å². The number of piperidine rings is 1. The van der Waals surface area contributed by atoms with Gasteiger partial charge in [-0.05, 0) is 42.9 Å². The van der Waals surface area contributed by atoms with Gasteiger partial charge >= 0.3 is 0 Å². The Labute approximate surface area is 192 Å². The van der Waals surface area contributed by atoms with Gasteiger partial charge in [0.1, 0.15) is 11.4 Å². The molecule has 0 saturated carbocycles. The Hall–Kier alpha value is -3.67. The molecule has 0 aliphatic carbocycles. The minimum absolute atomic E-state index is 0.121. The van der Waals surface area contributed by atoms with E-state index in [1.165, 1.54) is 6.07 Å². The molecule has 0 atom stereocenters. The molecule has 33 heavy (non-hydrogen) atoms. The average molecular weight is 442 g/mol. The number of imidazole rings is 1. The highest BCUT2D eigenvalue weighted by atomic mass is 16.3. The van der Waals surface area contributed by atoms with E-state index < -0.39 is 0 Å². The summed E-state index contributed by atoms with van der Waals surface area (Å²) in [5.74, 6) is 1.34. The molecule has 2 aromatic carbocycles. The van der Waals surface area contributed by atoms with Gasteiger partial charge in [-0.25, -0.2) is 4.98 Å². The smallest absolute Gasteiger partial charge is 0.289 e. The first-order valence-electron chi connectivity index (χ1n) is 11.5. The van der Waals surface area contributed by atoms with Crippen molar-refractivity contribution >= 4 is 16.9 Å². The monoisotopic (exact) mass is 441 g/mol. The second-order valence-corrected chi connectivity index (χ2v) is 8.66. The number of aryl methyl sites for hydroxylation is 1. The minimum atomic E-state index is -0.209. The second kappa shape index (κ2) is 9.06. The van der Waals surface area contributed by atoms with Gasteiger partial charge in [0, 0.05) is 43.7 Å². The number of rotatable bonds is 5. The Kier molecular flexibility index (Phi) is 5.82. The standard InChI is InChI=1S/C27H27N3O3/c1-2-19-8-9-24-22(16-19)23(31)17-25(33-24)27(32)29-13-10-20(11-14-29)18-30-15-12-28-26(30)21-6-4-3-5-7-21/h3-9,12,15-17,20H,2,10-11,13-14,18H2,1H3. The summed E-state index contributed by atoms with van der Waals surface area (Å²) in [5, 5.41) is 0.527. The number of likely N-dealkylation sites (tertiary alicyclic amines) is 1. The molecule has 1 amide bonds. The maximum absolute atomic E-state index is 13.1. The highest BCUT2D eigenvalue weighted by molar-refractivity contribution is 5.93. The quantitative estimate of drug-likeness (QED) is 0.447. The zero-order valence-electron chi connectivity index (χ0n) is 18.7. The number of carbonyl (C=O) groups excluding carboxylic acids is 1. The fourth-order valence-electron chi connectivity index (χ4n) is 4.59. The lowest BCUT2D eigenvalue weighted by Gasteiger charge is -2.32. The van der Waals surface area contributed by atoms with Crippen molar-refractivity contribution in [2.45, 2.75) is 32.7 Å². The lowest BCUT2D eigenvalue weighted by molar-refractivity contribution is 0.0651. The van der Waals surface area contributed by atoms with E-state index in [2.05, 4.69) is 21.7 Å². The lowest BCUT2D eigenvalue weighted by atomic mass is 9.96. The lowest BCUT2D eigenvalue weighted by Crippen LogP contribution is -2.39. The van der Waals surface area contributed by atoms with Crippen molar-refractivity contribution in [2.24, 2.45) is 5.92 Å². The van der Waals surface area contributed by atoms with Crippen molar-refractivity contribution in [3.8, 4) is 11.4 Å². The first-order valence-corrected chi connectivity index (χ1v) is 11.5. The number of benzene rings is 2. The van der Waals surface area contributed by atoms with Gasteiger partial charge in [-0.1, -0.05) is 43.3 Å². The van der Waals surface area contributed by atoms with E-state index in [0.717, 1.165) is 42.8 Å². The molecule has 0 bridgehead atoms. The summed E-state index contributed by atoms with van der Waals surface area (Å²) in [5.41, 5.74) is 2.47. The molecule has 0 radical (unpaired) electrons. The molecule has 1 aliphatic heterocycles. The maximum Gasteiger partial charge on any atom is 0.289 e. The van der Waals surface area contributed by atoms with Gasteiger partial charge in [0.25, 0.3) is 5.91 Å². The van der Waals surface area contributed by atoms with Crippen molar-refractivity contribution < 1.29 is 9.21 Å². The van der Waals surface area contributed by atoms with E-state index in [1.807, 2.05) is 49.6 Å². The van der Waals surface area contributed by atoms with Crippen LogP contribution in [-0.4, -0.2) is 33.4 Å². The molecule has 0 unspecified atom stereocenters. The number of aromatic nitrogens is 2. The third kappa shape index (κ3) is 4.33. The topological polar surface area (TPSA) is 68.3 Å². The van der Waals surface area contributed by atoms with Crippen LogP contribution in [0.2, 0.25) is 0 Å². The van der Waals surface area contributed by atoms with Gasteiger partial charge in [0.05, 0.1) is 5.39 Å². The summed E-state index contributed by atoms with van der Waals surface area (Å²) in [4.78, 5) is 32.0. The van der Waals surface area contributed by atoms with Gasteiger partial charge in [-0.15, -0.1) is 0 Å². The summed E-state index contributed by atoms with van der Waals surface area (Å²) in [6.45, 7) is 4.21. The van der Waals surface area contributed by atoms with Gasteiger partial charge in [-0.2, -0.15) is 0 Å². The van der Waals surface area contributed by atoms with Crippen LogP contribution in [0.15, 0.2) is 76.2 Å². The normalized spacial score (nSPS) is 14.6. The fourth-order valence-corrected chi connectivity index (χ4v) is 4.59. The molecule has 1 fully saturated rings. The molecule has 1 saturated heterocycles. The number of fused-ring (bicyclic) bond motifs is 1. The molecular weight excluding hydrogens is 414 g/mol. The maximum atomic E-state index is 13.1. The van der Waals surface area contributed by atoms with E-state index in [0.29, 0.717) is 30.0 Å². The summed E-state index contributed by atoms with van der Waals surface area (Å²) in [6, 6.07) is 17.1. The van der Waals surface area contributed by atoms with E-state index in [1.54, 1.807) is 11.0 Å². The van der Waals surface area contributed by atoms with E-state index in [-0.39, 0.29) is 17.1 Å². The van der Waals surface area contributed by atoms with Crippen LogP contribution in [0.4, 0.5) is 0 Å². The summed E-state index contributed by atoms with van der Waals surface area (Å²) >= 11 is 0. The minimum Gasteiger partial charge on any atom is -0.451 e. The van der Waals surface area contributed by atoms with Crippen LogP contribution in [0.1, 0.15) is 35.9 Å². The Morgan fingerprint density at radius 2 is 1.88 bits per heavy atom. The van der Waals surface area contributed by atoms with Crippen LogP contribution >= 0.6 is 0 Å². The van der Waals surface area contributed by atoms with E-state index in [4.69, 9.17) is 4.42 Å². The SMILES string of the molecule is CCc1ccc2oc(C(=O)N3CCC(Cn4ccnc4-c4ccccc4)CC3)cc(=O)c2c1. The zero-order valence-corrected chi connectivity index (χ0v) is 18.7. The number of amides is 1. The van der Waals surface area contributed by atoms with Crippen LogP contribution in [0.25, 0.3) is 22.4 Å². The van der Waals surface area contributed by atoms with Crippen molar-refractivity contribution in [3.05, 3.63) is 88.5 Å². The van der Waals surface area contributed by atoms with Gasteiger partial charge in [0.15, 0.2) is 11.2 Å². The fraction of sp³-hybridized carbons (Fsp3) is 0.296. The first-order chi connectivity index (χ1) is 16.1. The first kappa shape index (κ1) is 21.2. The molecule has 6 heteroatoms. The molecular formula is C27H27N3O3. The molecule has 168 valence electrons. The molecule has 4 aromatic rings. The van der Waals surface area contributed by atoms with Crippen molar-refractivity contribution in [2.75, 3.05) is 13.1 Å². The highest BCUT2D eigenvalue weighted by Crippen LogP contribution is 2.24. The van der Waals surface area contributed by atoms with Crippen LogP contribution < -0.4 is 5.43 Å². The second-order valence-electron chi connectivity index (χ2n) is 8.66. The Morgan fingerprint density at radius 1 is 1.09 bits per heavy atom. The summed E-state index contributed by atoms with van der Waals surface area (Å²) in [7, 11) is 0. The predicted molar refractivity (Wildman–Crippen MR) is 128 cm³/mol. The van der Waals surface area contributed by atoms with Gasteiger partial charge in [0.2, 0.25) is 0 Å². The molecule has 0 N–H and O–H groups in total. The predicted octanol–water partition coefficient (Wildman–Crippen LogP) is 4.77. The largest absolute Gasteiger partial charge is 0.451 e. The third-order valence-electron chi connectivity index (χ3n) is 6.51. The number of hydrogen-bond acceptors (Lipinski definition) is 4. The van der Waals surface area contributed by atoms with Crippen molar-refractivity contribution in [3.63, 3.8) is 0 Å². The molecule has 3 heterocycles. The van der Waals surface area contributed by atoms with E-state index >= 15 is 0 Å². The molecule has 1 aliphatic rings. The van der Waals surface area contributed by atoms with Gasteiger partial charge < -0.3 is 13.9 Å². The Bertz CT molecular complexity index is 1330. The Morgan fingerprint density at radius 3 is 2.64 bits per heavy atom. The molecule has 2 aromatic heterocycles. The highest BCUT2D eigenvalue weighted by Gasteiger charge is 2.26. The molecule has 6 nitrogen and oxygen atoms in total. The summed E-state index contributed by atoms with van der Waals surface area (Å²) < 4.78 is 8.03. The van der Waals surface area contributed by atoms with Crippen LogP contribution in [0.3, 0.4) is 0 Å². The zero-order chi connectivity index (χ0) is 22.8. The van der Waals surface area contributed by atoms with Crippen LogP contribution in [0.5, 0.6) is 0 Å². The number of nitrogens with zero attached hydrogens (tertiary/aromatic N) is 3. The van der Waals surface area contributed by atoms with Crippen LogP contribution in [0, 0.1) is 5.92 Å². The Balaban J connectivity index is 1.26. The number of hydrogen-bond donors (Lipinski definition) is 0. The van der Waals surface area contributed by atoms with Crippen LogP contribution in [-0.2, 0) is 13.0 Å². The average Bonchev–Trinajstić information content (AvgIpc) is 3.32. The van der Waals surface area contributed by atoms with E-state index in [9.17, 15) is 9.59 Å². The van der Waals surface area contributed by atoms with Crippen molar-refractivity contribution in [1.82, 2.24) is 14.5 Å². The summed E-state index contributed by atoms with van der Waals surface area (Å²) in [6.07, 6.45) is 6.50. The number of carbonyl (C=O) groups is 1. The van der Waals surface area contributed by atoms with Crippen molar-refractivity contribution in [1.29, 1.82) is 0 Å².